The van der Waals surface area contributed by atoms with Gasteiger partial charge in [-0.3, -0.25) is 0 Å². The van der Waals surface area contributed by atoms with E-state index < -0.39 is 41.4 Å². The molecule has 132 valence electrons. The van der Waals surface area contributed by atoms with Crippen molar-refractivity contribution in [2.24, 2.45) is 0 Å². The van der Waals surface area contributed by atoms with Crippen molar-refractivity contribution in [1.82, 2.24) is 9.44 Å². The van der Waals surface area contributed by atoms with E-state index in [1.807, 2.05) is 0 Å². The number of hydrogen-bond acceptors (Lipinski definition) is 5. The van der Waals surface area contributed by atoms with Crippen LogP contribution in [0, 0.1) is 0 Å². The first-order chi connectivity index (χ1) is 10.4. The smallest absolute Gasteiger partial charge is 0.279 e. The standard InChI is InChI=1S/C13H27FN2O5S/c1-2-3-4-5-6-7-8-15-22(19,20)16-13-12(18)11(17)10(9-14)21-13/h10-13,15-18H,2-9H2,1H3/t10-,11-,12+,13?/m1/s1. The predicted molar refractivity (Wildman–Crippen MR) is 80.1 cm³/mol. The van der Waals surface area contributed by atoms with Crippen molar-refractivity contribution < 1.29 is 27.8 Å². The molecule has 0 spiro atoms. The highest BCUT2D eigenvalue weighted by molar-refractivity contribution is 7.87. The fraction of sp³-hybridized carbons (Fsp3) is 1.00. The molecule has 4 N–H and O–H groups in total. The van der Waals surface area contributed by atoms with Crippen LogP contribution in [0.3, 0.4) is 0 Å². The molecule has 0 aromatic heterocycles. The number of unbranched alkanes of at least 4 members (excludes halogenated alkanes) is 5. The van der Waals surface area contributed by atoms with Crippen molar-refractivity contribution in [2.75, 3.05) is 13.2 Å². The van der Waals surface area contributed by atoms with Crippen LogP contribution in [0.4, 0.5) is 4.39 Å². The third-order valence-corrected chi connectivity index (χ3v) is 4.73. The maximum Gasteiger partial charge on any atom is 0.279 e. The average Bonchev–Trinajstić information content (AvgIpc) is 2.73. The molecule has 4 atom stereocenters. The van der Waals surface area contributed by atoms with Crippen LogP contribution in [0.2, 0.25) is 0 Å². The Kier molecular flexibility index (Phi) is 8.73. The van der Waals surface area contributed by atoms with Crippen molar-refractivity contribution in [3.05, 3.63) is 0 Å². The molecule has 0 radical (unpaired) electrons. The Balaban J connectivity index is 2.26. The lowest BCUT2D eigenvalue weighted by molar-refractivity contribution is -0.00840. The van der Waals surface area contributed by atoms with Crippen LogP contribution in [-0.2, 0) is 14.9 Å². The van der Waals surface area contributed by atoms with Crippen LogP contribution in [0.5, 0.6) is 0 Å². The number of rotatable bonds is 11. The molecule has 0 bridgehead atoms. The van der Waals surface area contributed by atoms with E-state index in [4.69, 9.17) is 4.74 Å². The second-order valence-electron chi connectivity index (χ2n) is 5.51. The Morgan fingerprint density at radius 2 is 1.73 bits per heavy atom. The minimum atomic E-state index is -3.87. The van der Waals surface area contributed by atoms with Gasteiger partial charge in [-0.1, -0.05) is 39.0 Å². The lowest BCUT2D eigenvalue weighted by atomic mass is 10.1. The zero-order valence-electron chi connectivity index (χ0n) is 12.9. The molecule has 0 aromatic rings. The molecule has 1 aliphatic rings. The zero-order chi connectivity index (χ0) is 16.6. The molecule has 1 rings (SSSR count). The normalized spacial score (nSPS) is 29.1. The van der Waals surface area contributed by atoms with E-state index in [1.54, 1.807) is 0 Å². The Hall–Kier alpha value is -0.320. The first kappa shape index (κ1) is 19.7. The number of hydrogen-bond donors (Lipinski definition) is 4. The summed E-state index contributed by atoms with van der Waals surface area (Å²) in [7, 11) is -3.87. The zero-order valence-corrected chi connectivity index (χ0v) is 13.7. The number of aliphatic hydroxyl groups excluding tert-OH is 2. The number of aliphatic hydroxyl groups is 2. The lowest BCUT2D eigenvalue weighted by Crippen LogP contribution is -2.48. The van der Waals surface area contributed by atoms with Gasteiger partial charge in [-0.2, -0.15) is 13.1 Å². The summed E-state index contributed by atoms with van der Waals surface area (Å²) in [6.45, 7) is 1.41. The Morgan fingerprint density at radius 3 is 2.32 bits per heavy atom. The van der Waals surface area contributed by atoms with E-state index >= 15 is 0 Å². The molecule has 0 saturated carbocycles. The molecule has 1 heterocycles. The summed E-state index contributed by atoms with van der Waals surface area (Å²) >= 11 is 0. The van der Waals surface area contributed by atoms with Crippen molar-refractivity contribution in [2.45, 2.75) is 70.0 Å². The van der Waals surface area contributed by atoms with Crippen molar-refractivity contribution >= 4 is 10.2 Å². The van der Waals surface area contributed by atoms with Crippen LogP contribution in [0.25, 0.3) is 0 Å². The number of alkyl halides is 1. The molecule has 1 saturated heterocycles. The Labute approximate surface area is 131 Å². The summed E-state index contributed by atoms with van der Waals surface area (Å²) in [5.74, 6) is 0. The largest absolute Gasteiger partial charge is 0.387 e. The molecule has 9 heteroatoms. The predicted octanol–water partition coefficient (Wildman–Crippen LogP) is 0.187. The van der Waals surface area contributed by atoms with Crippen LogP contribution < -0.4 is 9.44 Å². The second kappa shape index (κ2) is 9.74. The van der Waals surface area contributed by atoms with Gasteiger partial charge in [0, 0.05) is 6.54 Å². The highest BCUT2D eigenvalue weighted by atomic mass is 32.2. The van der Waals surface area contributed by atoms with E-state index in [1.165, 1.54) is 6.42 Å². The maximum absolute atomic E-state index is 12.5. The molecule has 1 unspecified atom stereocenters. The average molecular weight is 342 g/mol. The molecule has 0 aliphatic carbocycles. The summed E-state index contributed by atoms with van der Waals surface area (Å²) in [4.78, 5) is 0. The minimum Gasteiger partial charge on any atom is -0.387 e. The van der Waals surface area contributed by atoms with Crippen LogP contribution in [0.1, 0.15) is 45.4 Å². The fourth-order valence-corrected chi connectivity index (χ4v) is 3.28. The molecule has 0 amide bonds. The Morgan fingerprint density at radius 1 is 1.09 bits per heavy atom. The Bertz CT molecular complexity index is 409. The first-order valence-corrected chi connectivity index (χ1v) is 9.24. The third-order valence-electron chi connectivity index (χ3n) is 3.61. The molecular formula is C13H27FN2O5S. The van der Waals surface area contributed by atoms with Crippen LogP contribution in [-0.4, -0.2) is 56.4 Å². The monoisotopic (exact) mass is 342 g/mol. The third kappa shape index (κ3) is 6.43. The molecular weight excluding hydrogens is 315 g/mol. The summed E-state index contributed by atoms with van der Waals surface area (Å²) in [5, 5.41) is 19.1. The van der Waals surface area contributed by atoms with E-state index in [9.17, 15) is 23.0 Å². The SMILES string of the molecule is CCCCCCCCNS(=O)(=O)NC1O[C@H](CF)[C@@H](O)[C@@H]1O. The van der Waals surface area contributed by atoms with Crippen molar-refractivity contribution in [3.63, 3.8) is 0 Å². The van der Waals surface area contributed by atoms with Crippen molar-refractivity contribution in [1.29, 1.82) is 0 Å². The van der Waals surface area contributed by atoms with Gasteiger partial charge in [0.2, 0.25) is 0 Å². The van der Waals surface area contributed by atoms with Gasteiger partial charge in [-0.05, 0) is 6.42 Å². The lowest BCUT2D eigenvalue weighted by Gasteiger charge is -2.16. The van der Waals surface area contributed by atoms with Crippen molar-refractivity contribution in [3.8, 4) is 0 Å². The fourth-order valence-electron chi connectivity index (χ4n) is 2.28. The first-order valence-electron chi connectivity index (χ1n) is 7.75. The molecule has 22 heavy (non-hydrogen) atoms. The van der Waals surface area contributed by atoms with E-state index in [0.717, 1.165) is 25.7 Å². The van der Waals surface area contributed by atoms with Gasteiger partial charge >= 0.3 is 0 Å². The summed E-state index contributed by atoms with van der Waals surface area (Å²) in [6, 6.07) is 0. The highest BCUT2D eigenvalue weighted by Gasteiger charge is 2.44. The molecule has 1 aliphatic heterocycles. The molecule has 7 nitrogen and oxygen atoms in total. The van der Waals surface area contributed by atoms with E-state index in [2.05, 4.69) is 16.4 Å². The van der Waals surface area contributed by atoms with Gasteiger partial charge in [-0.25, -0.2) is 9.11 Å². The minimum absolute atomic E-state index is 0.277. The van der Waals surface area contributed by atoms with E-state index in [0.29, 0.717) is 6.42 Å². The summed E-state index contributed by atoms with van der Waals surface area (Å²) in [6.07, 6.45) is 0.696. The van der Waals surface area contributed by atoms with Gasteiger partial charge in [0.25, 0.3) is 10.2 Å². The van der Waals surface area contributed by atoms with E-state index in [-0.39, 0.29) is 6.54 Å². The molecule has 1 fully saturated rings. The summed E-state index contributed by atoms with van der Waals surface area (Å²) < 4.78 is 45.4. The quantitative estimate of drug-likeness (QED) is 0.401. The summed E-state index contributed by atoms with van der Waals surface area (Å²) in [5.41, 5.74) is 0. The van der Waals surface area contributed by atoms with Crippen LogP contribution in [0.15, 0.2) is 0 Å². The topological polar surface area (TPSA) is 108 Å². The van der Waals surface area contributed by atoms with Gasteiger partial charge in [0.15, 0.2) is 6.23 Å². The van der Waals surface area contributed by atoms with Crippen LogP contribution >= 0.6 is 0 Å². The number of nitrogens with one attached hydrogen (secondary N) is 2. The van der Waals surface area contributed by atoms with Gasteiger partial charge < -0.3 is 14.9 Å². The number of ether oxygens (including phenoxy) is 1. The maximum atomic E-state index is 12.5. The van der Waals surface area contributed by atoms with Gasteiger partial charge in [-0.15, -0.1) is 0 Å². The van der Waals surface area contributed by atoms with Gasteiger partial charge in [0.1, 0.15) is 25.0 Å². The number of halogens is 1. The highest BCUT2D eigenvalue weighted by Crippen LogP contribution is 2.20. The second-order valence-corrected chi connectivity index (χ2v) is 7.05. The molecule has 0 aromatic carbocycles. The van der Waals surface area contributed by atoms with Gasteiger partial charge in [0.05, 0.1) is 0 Å².